The predicted molar refractivity (Wildman–Crippen MR) is 164 cm³/mol. The summed E-state index contributed by atoms with van der Waals surface area (Å²) in [5, 5.41) is 2.53. The fourth-order valence-electron chi connectivity index (χ4n) is 5.41. The molecule has 200 valence electrons. The molecule has 0 bridgehead atoms. The molecule has 39 heavy (non-hydrogen) atoms. The van der Waals surface area contributed by atoms with Crippen LogP contribution >= 0.6 is 0 Å². The van der Waals surface area contributed by atoms with Crippen molar-refractivity contribution in [1.29, 1.82) is 0 Å². The van der Waals surface area contributed by atoms with Crippen molar-refractivity contribution in [2.45, 2.75) is 46.1 Å². The average molecular weight is 519 g/mol. The molecule has 4 aromatic carbocycles. The second-order valence-corrected chi connectivity index (χ2v) is 10.2. The minimum Gasteiger partial charge on any atom is -0.497 e. The Morgan fingerprint density at radius 3 is 1.95 bits per heavy atom. The zero-order valence-corrected chi connectivity index (χ0v) is 23.5. The minimum atomic E-state index is 0.679. The van der Waals surface area contributed by atoms with E-state index >= 15 is 0 Å². The molecule has 0 aliphatic heterocycles. The smallest absolute Gasteiger partial charge is 0.118 e. The first-order valence-corrected chi connectivity index (χ1v) is 14.0. The molecule has 4 nitrogen and oxygen atoms in total. The van der Waals surface area contributed by atoms with Crippen LogP contribution in [0.1, 0.15) is 50.7 Å². The zero-order chi connectivity index (χ0) is 27.2. The number of methoxy groups -OCH3 is 2. The summed E-state index contributed by atoms with van der Waals surface area (Å²) in [6.07, 6.45) is 5.00. The molecule has 1 atom stereocenters. The number of para-hydroxylation sites is 1. The molecular formula is C35H38N2O2. The molecule has 0 radical (unpaired) electrons. The summed E-state index contributed by atoms with van der Waals surface area (Å²) in [4.78, 5) is 5.22. The van der Waals surface area contributed by atoms with Crippen molar-refractivity contribution >= 4 is 33.2 Å². The Kier molecular flexibility index (Phi) is 8.31. The SMILES string of the molecule is CCCCC(CC)Cn1c2ccccc2c2cc(N=C(c3ccc(OC)cc3)c3ccc(OC)cc3)ccc21. The van der Waals surface area contributed by atoms with Crippen molar-refractivity contribution in [3.8, 4) is 11.5 Å². The van der Waals surface area contributed by atoms with Gasteiger partial charge < -0.3 is 14.0 Å². The van der Waals surface area contributed by atoms with Gasteiger partial charge in [0, 0.05) is 39.5 Å². The standard InChI is InChI=1S/C35H38N2O2/c1-5-7-10-25(6-2)24-37-33-12-9-8-11-31(33)32-23-28(17-22-34(32)37)36-35(26-13-18-29(38-3)19-14-26)27-15-20-30(39-4)21-16-27/h8-9,11-23,25H,5-7,10,24H2,1-4H3. The highest BCUT2D eigenvalue weighted by Crippen LogP contribution is 2.34. The summed E-state index contributed by atoms with van der Waals surface area (Å²) in [6.45, 7) is 5.65. The van der Waals surface area contributed by atoms with Crippen LogP contribution in [0.4, 0.5) is 5.69 Å². The molecule has 1 aromatic heterocycles. The van der Waals surface area contributed by atoms with Crippen molar-refractivity contribution in [3.05, 3.63) is 102 Å². The Hall–Kier alpha value is -4.05. The van der Waals surface area contributed by atoms with Crippen molar-refractivity contribution in [3.63, 3.8) is 0 Å². The van der Waals surface area contributed by atoms with Gasteiger partial charge in [0.15, 0.2) is 0 Å². The minimum absolute atomic E-state index is 0.679. The molecule has 0 spiro atoms. The number of nitrogens with zero attached hydrogens (tertiary/aromatic N) is 2. The fraction of sp³-hybridized carbons (Fsp3) is 0.286. The maximum absolute atomic E-state index is 5.39. The second kappa shape index (κ2) is 12.2. The van der Waals surface area contributed by atoms with E-state index in [1.165, 1.54) is 47.5 Å². The first-order chi connectivity index (χ1) is 19.1. The maximum Gasteiger partial charge on any atom is 0.118 e. The van der Waals surface area contributed by atoms with Crippen LogP contribution in [0.25, 0.3) is 21.8 Å². The van der Waals surface area contributed by atoms with Crippen LogP contribution in [0.2, 0.25) is 0 Å². The topological polar surface area (TPSA) is 35.8 Å². The lowest BCUT2D eigenvalue weighted by molar-refractivity contribution is 0.401. The van der Waals surface area contributed by atoms with Crippen LogP contribution in [0.15, 0.2) is 96.0 Å². The van der Waals surface area contributed by atoms with Gasteiger partial charge in [0.1, 0.15) is 11.5 Å². The highest BCUT2D eigenvalue weighted by Gasteiger charge is 2.15. The van der Waals surface area contributed by atoms with Crippen LogP contribution < -0.4 is 9.47 Å². The molecule has 0 saturated heterocycles. The van der Waals surface area contributed by atoms with Gasteiger partial charge in [0.2, 0.25) is 0 Å². The summed E-state index contributed by atoms with van der Waals surface area (Å²) in [6, 6.07) is 31.6. The highest BCUT2D eigenvalue weighted by molar-refractivity contribution is 6.15. The van der Waals surface area contributed by atoms with Crippen LogP contribution in [0, 0.1) is 5.92 Å². The molecule has 5 aromatic rings. The highest BCUT2D eigenvalue weighted by atomic mass is 16.5. The van der Waals surface area contributed by atoms with Crippen LogP contribution in [0.3, 0.4) is 0 Å². The average Bonchev–Trinajstić information content (AvgIpc) is 3.30. The number of ether oxygens (including phenoxy) is 2. The number of benzene rings is 4. The van der Waals surface area contributed by atoms with Crippen molar-refractivity contribution in [2.75, 3.05) is 14.2 Å². The van der Waals surface area contributed by atoms with Gasteiger partial charge >= 0.3 is 0 Å². The Morgan fingerprint density at radius 2 is 1.36 bits per heavy atom. The van der Waals surface area contributed by atoms with Crippen molar-refractivity contribution in [1.82, 2.24) is 4.57 Å². The Bertz CT molecular complexity index is 1510. The number of fused-ring (bicyclic) bond motifs is 3. The Labute approximate surface area is 231 Å². The van der Waals surface area contributed by atoms with E-state index in [4.69, 9.17) is 14.5 Å². The molecule has 4 heteroatoms. The van der Waals surface area contributed by atoms with Gasteiger partial charge in [-0.3, -0.25) is 0 Å². The van der Waals surface area contributed by atoms with E-state index in [1.54, 1.807) is 14.2 Å². The van der Waals surface area contributed by atoms with Crippen LogP contribution in [0.5, 0.6) is 11.5 Å². The monoisotopic (exact) mass is 518 g/mol. The number of rotatable bonds is 11. The molecule has 0 aliphatic rings. The number of hydrogen-bond donors (Lipinski definition) is 0. The quantitative estimate of drug-likeness (QED) is 0.163. The molecule has 0 N–H and O–H groups in total. The summed E-state index contributed by atoms with van der Waals surface area (Å²) in [7, 11) is 3.37. The lowest BCUT2D eigenvalue weighted by Gasteiger charge is -2.17. The van der Waals surface area contributed by atoms with Crippen LogP contribution in [-0.4, -0.2) is 24.5 Å². The molecular weight excluding hydrogens is 480 g/mol. The van der Waals surface area contributed by atoms with Gasteiger partial charge in [-0.1, -0.05) is 51.3 Å². The fourth-order valence-corrected chi connectivity index (χ4v) is 5.41. The van der Waals surface area contributed by atoms with E-state index in [1.807, 2.05) is 24.3 Å². The Balaban J connectivity index is 1.62. The third-order valence-corrected chi connectivity index (χ3v) is 7.71. The number of hydrogen-bond acceptors (Lipinski definition) is 3. The third kappa shape index (κ3) is 5.70. The molecule has 0 aliphatic carbocycles. The number of aromatic nitrogens is 1. The number of aliphatic imine (C=N–C) groups is 1. The molecule has 0 fully saturated rings. The van der Waals surface area contributed by atoms with Gasteiger partial charge in [-0.15, -0.1) is 0 Å². The van der Waals surface area contributed by atoms with E-state index in [0.29, 0.717) is 5.92 Å². The normalized spacial score (nSPS) is 12.0. The van der Waals surface area contributed by atoms with Gasteiger partial charge in [-0.2, -0.15) is 0 Å². The van der Waals surface area contributed by atoms with E-state index < -0.39 is 0 Å². The molecule has 1 heterocycles. The number of unbranched alkanes of at least 4 members (excludes halogenated alkanes) is 1. The first kappa shape index (κ1) is 26.6. The lowest BCUT2D eigenvalue weighted by Crippen LogP contribution is -2.10. The molecule has 0 saturated carbocycles. The second-order valence-electron chi connectivity index (χ2n) is 10.2. The van der Waals surface area contributed by atoms with Gasteiger partial charge in [-0.05, 0) is 85.1 Å². The third-order valence-electron chi connectivity index (χ3n) is 7.71. The maximum atomic E-state index is 5.39. The Morgan fingerprint density at radius 1 is 0.744 bits per heavy atom. The van der Waals surface area contributed by atoms with Crippen molar-refractivity contribution in [2.24, 2.45) is 10.9 Å². The molecule has 1 unspecified atom stereocenters. The molecule has 5 rings (SSSR count). The van der Waals surface area contributed by atoms with Gasteiger partial charge in [0.25, 0.3) is 0 Å². The zero-order valence-electron chi connectivity index (χ0n) is 23.5. The predicted octanol–water partition coefficient (Wildman–Crippen LogP) is 9.20. The largest absolute Gasteiger partial charge is 0.497 e. The summed E-state index contributed by atoms with van der Waals surface area (Å²) < 4.78 is 13.3. The summed E-state index contributed by atoms with van der Waals surface area (Å²) in [5.74, 6) is 2.33. The van der Waals surface area contributed by atoms with E-state index in [9.17, 15) is 0 Å². The summed E-state index contributed by atoms with van der Waals surface area (Å²) in [5.41, 5.74) is 6.49. The van der Waals surface area contributed by atoms with Gasteiger partial charge in [-0.25, -0.2) is 4.99 Å². The van der Waals surface area contributed by atoms with E-state index in [0.717, 1.165) is 40.6 Å². The van der Waals surface area contributed by atoms with E-state index in [-0.39, 0.29) is 0 Å². The lowest BCUT2D eigenvalue weighted by atomic mass is 9.99. The molecule has 0 amide bonds. The van der Waals surface area contributed by atoms with Crippen molar-refractivity contribution < 1.29 is 9.47 Å². The van der Waals surface area contributed by atoms with E-state index in [2.05, 4.69) is 85.1 Å². The van der Waals surface area contributed by atoms with Crippen LogP contribution in [-0.2, 0) is 6.54 Å². The van der Waals surface area contributed by atoms with Gasteiger partial charge in [0.05, 0.1) is 25.6 Å². The summed E-state index contributed by atoms with van der Waals surface area (Å²) >= 11 is 0. The first-order valence-electron chi connectivity index (χ1n) is 14.0.